The summed E-state index contributed by atoms with van der Waals surface area (Å²) in [4.78, 5) is 32.2. The Balaban J connectivity index is 1.46. The van der Waals surface area contributed by atoms with Gasteiger partial charge in [-0.1, -0.05) is 72.8 Å². The fraction of sp³-hybridized carbons (Fsp3) is 0.222. The molecule has 3 aromatic rings. The Morgan fingerprint density at radius 2 is 1.70 bits per heavy atom. The number of pyridine rings is 1. The van der Waals surface area contributed by atoms with Gasteiger partial charge in [0.1, 0.15) is 6.04 Å². The average Bonchev–Trinajstić information content (AvgIpc) is 3.10. The largest absolute Gasteiger partial charge is 0.451 e. The highest BCUT2D eigenvalue weighted by molar-refractivity contribution is 8.01. The lowest BCUT2D eigenvalue weighted by Crippen LogP contribution is -2.57. The molecule has 6 heteroatoms. The highest BCUT2D eigenvalue weighted by atomic mass is 32.2. The summed E-state index contributed by atoms with van der Waals surface area (Å²) in [5.41, 5.74) is 2.58. The summed E-state index contributed by atoms with van der Waals surface area (Å²) in [7, 11) is 0. The number of thioether (sulfide) groups is 1. The molecule has 0 radical (unpaired) electrons. The fourth-order valence-electron chi connectivity index (χ4n) is 4.41. The molecular weight excluding hydrogens is 432 g/mol. The van der Waals surface area contributed by atoms with Gasteiger partial charge in [-0.3, -0.25) is 9.78 Å². The first-order valence-electron chi connectivity index (χ1n) is 10.9. The molecule has 0 spiro atoms. The molecule has 2 fully saturated rings. The minimum atomic E-state index is -0.705. The van der Waals surface area contributed by atoms with Crippen molar-refractivity contribution in [3.8, 4) is 0 Å². The molecule has 0 aliphatic carbocycles. The van der Waals surface area contributed by atoms with Gasteiger partial charge in [-0.15, -0.1) is 11.8 Å². The summed E-state index contributed by atoms with van der Waals surface area (Å²) in [5, 5.41) is -0.0136. The van der Waals surface area contributed by atoms with Crippen molar-refractivity contribution in [2.24, 2.45) is 0 Å². The van der Waals surface area contributed by atoms with Gasteiger partial charge >= 0.3 is 5.97 Å². The average molecular weight is 457 g/mol. The van der Waals surface area contributed by atoms with Crippen LogP contribution in [0.25, 0.3) is 6.08 Å². The quantitative estimate of drug-likeness (QED) is 0.392. The maximum atomic E-state index is 13.7. The van der Waals surface area contributed by atoms with E-state index in [0.717, 1.165) is 16.8 Å². The molecule has 1 amide bonds. The summed E-state index contributed by atoms with van der Waals surface area (Å²) in [5.74, 6) is -0.413. The Bertz CT molecular complexity index is 1130. The van der Waals surface area contributed by atoms with Gasteiger partial charge in [-0.25, -0.2) is 4.79 Å². The van der Waals surface area contributed by atoms with Crippen LogP contribution >= 0.6 is 11.8 Å². The lowest BCUT2D eigenvalue weighted by Gasteiger charge is -2.38. The number of carbonyl (C=O) groups is 2. The third-order valence-corrected chi connectivity index (χ3v) is 7.63. The van der Waals surface area contributed by atoms with Gasteiger partial charge < -0.3 is 9.64 Å². The summed E-state index contributed by atoms with van der Waals surface area (Å²) in [6.45, 7) is 1.99. The Morgan fingerprint density at radius 3 is 2.27 bits per heavy atom. The van der Waals surface area contributed by atoms with Crippen LogP contribution in [-0.4, -0.2) is 37.9 Å². The van der Waals surface area contributed by atoms with Crippen molar-refractivity contribution >= 4 is 29.7 Å². The van der Waals surface area contributed by atoms with Crippen LogP contribution in [0.4, 0.5) is 0 Å². The van der Waals surface area contributed by atoms with E-state index in [2.05, 4.69) is 4.98 Å². The second-order valence-electron chi connectivity index (χ2n) is 8.39. The number of benzene rings is 2. The second kappa shape index (κ2) is 8.87. The molecule has 2 aromatic carbocycles. The summed E-state index contributed by atoms with van der Waals surface area (Å²) in [6.07, 6.45) is 5.52. The predicted octanol–water partition coefficient (Wildman–Crippen LogP) is 4.86. The van der Waals surface area contributed by atoms with Crippen molar-refractivity contribution in [2.45, 2.75) is 35.6 Å². The zero-order chi connectivity index (χ0) is 22.8. The van der Waals surface area contributed by atoms with Crippen LogP contribution < -0.4 is 0 Å². The monoisotopic (exact) mass is 456 g/mol. The maximum absolute atomic E-state index is 13.7. The predicted molar refractivity (Wildman–Crippen MR) is 129 cm³/mol. The molecule has 3 atom stereocenters. The number of amides is 1. The van der Waals surface area contributed by atoms with Crippen molar-refractivity contribution < 1.29 is 14.3 Å². The van der Waals surface area contributed by atoms with Gasteiger partial charge in [-0.2, -0.15) is 0 Å². The van der Waals surface area contributed by atoms with E-state index in [1.807, 2.05) is 97.9 Å². The van der Waals surface area contributed by atoms with Crippen molar-refractivity contribution in [3.05, 3.63) is 108 Å². The van der Waals surface area contributed by atoms with Gasteiger partial charge in [-0.05, 0) is 36.3 Å². The minimum Gasteiger partial charge on any atom is -0.451 e. The van der Waals surface area contributed by atoms with E-state index in [1.54, 1.807) is 22.9 Å². The number of β-lactam (4-membered cyclic amide) rings is 1. The molecule has 0 unspecified atom stereocenters. The van der Waals surface area contributed by atoms with E-state index in [4.69, 9.17) is 4.74 Å². The number of hydrogen-bond donors (Lipinski definition) is 0. The number of nitrogens with zero attached hydrogens (tertiary/aromatic N) is 2. The van der Waals surface area contributed by atoms with Crippen molar-refractivity contribution in [3.63, 3.8) is 0 Å². The third-order valence-electron chi connectivity index (χ3n) is 6.09. The molecule has 0 N–H and O–H groups in total. The molecule has 3 heterocycles. The van der Waals surface area contributed by atoms with Gasteiger partial charge in [0.2, 0.25) is 5.91 Å². The van der Waals surface area contributed by atoms with Crippen LogP contribution in [0, 0.1) is 0 Å². The fourth-order valence-corrected chi connectivity index (χ4v) is 6.06. The van der Waals surface area contributed by atoms with Gasteiger partial charge in [0.05, 0.1) is 22.2 Å². The van der Waals surface area contributed by atoms with Crippen LogP contribution in [-0.2, 0) is 14.3 Å². The zero-order valence-electron chi connectivity index (χ0n) is 18.2. The number of hydrogen-bond acceptors (Lipinski definition) is 5. The van der Waals surface area contributed by atoms with Crippen LogP contribution in [0.1, 0.15) is 36.3 Å². The Labute approximate surface area is 197 Å². The van der Waals surface area contributed by atoms with Crippen LogP contribution in [0.15, 0.2) is 91.1 Å². The van der Waals surface area contributed by atoms with Crippen molar-refractivity contribution in [2.75, 3.05) is 0 Å². The molecule has 2 saturated heterocycles. The van der Waals surface area contributed by atoms with E-state index in [0.29, 0.717) is 6.42 Å². The number of rotatable bonds is 6. The number of carbonyl (C=O) groups excluding carboxylic acids is 2. The molecule has 1 aromatic heterocycles. The van der Waals surface area contributed by atoms with E-state index >= 15 is 0 Å². The molecule has 0 bridgehead atoms. The third kappa shape index (κ3) is 4.18. The van der Waals surface area contributed by atoms with Crippen molar-refractivity contribution in [1.29, 1.82) is 0 Å². The molecular formula is C27H24N2O3S. The Hall–Kier alpha value is -3.38. The Kier molecular flexibility index (Phi) is 5.77. The number of ether oxygens (including phenoxy) is 1. The van der Waals surface area contributed by atoms with E-state index in [1.165, 1.54) is 0 Å². The maximum Gasteiger partial charge on any atom is 0.331 e. The van der Waals surface area contributed by atoms with Gasteiger partial charge in [0, 0.05) is 6.20 Å². The Morgan fingerprint density at radius 1 is 1.06 bits per heavy atom. The normalized spacial score (nSPS) is 24.1. The van der Waals surface area contributed by atoms with E-state index < -0.39 is 22.9 Å². The summed E-state index contributed by atoms with van der Waals surface area (Å²) in [6, 6.07) is 24.4. The first kappa shape index (κ1) is 21.5. The van der Waals surface area contributed by atoms with E-state index in [9.17, 15) is 9.59 Å². The first-order valence-corrected chi connectivity index (χ1v) is 11.8. The molecule has 2 aliphatic heterocycles. The number of fused-ring (bicyclic) bond motifs is 1. The van der Waals surface area contributed by atoms with Gasteiger partial charge in [0.25, 0.3) is 0 Å². The summed E-state index contributed by atoms with van der Waals surface area (Å²) < 4.78 is 5.54. The lowest BCUT2D eigenvalue weighted by molar-refractivity contribution is -0.163. The van der Waals surface area contributed by atoms with Crippen LogP contribution in [0.2, 0.25) is 0 Å². The number of esters is 1. The highest BCUT2D eigenvalue weighted by Crippen LogP contribution is 2.52. The van der Waals surface area contributed by atoms with Crippen LogP contribution in [0.5, 0.6) is 0 Å². The molecule has 0 saturated carbocycles. The standard InChI is InChI=1S/C27H24N2O3S/c1-27(16-15-21-14-8-9-17-28-21)25(29-22(30)18-23(29)33-27)26(31)32-24(19-10-4-2-5-11-19)20-12-6-3-7-13-20/h2-17,23-25H,18H2,1H3/t23-,25+,27+/m1/s1. The van der Waals surface area contributed by atoms with E-state index in [-0.39, 0.29) is 11.3 Å². The zero-order valence-corrected chi connectivity index (χ0v) is 19.0. The minimum absolute atomic E-state index is 0.0135. The van der Waals surface area contributed by atoms with Gasteiger partial charge in [0.15, 0.2) is 6.10 Å². The lowest BCUT2D eigenvalue weighted by atomic mass is 9.95. The smallest absolute Gasteiger partial charge is 0.331 e. The second-order valence-corrected chi connectivity index (χ2v) is 10.0. The molecule has 5 nitrogen and oxygen atoms in total. The SMILES string of the molecule is C[C@@]1(C=Cc2ccccn2)S[C@@H]2CC(=O)N2[C@H]1C(=O)OC(c1ccccc1)c1ccccc1. The van der Waals surface area contributed by atoms with Crippen LogP contribution in [0.3, 0.4) is 0 Å². The summed E-state index contributed by atoms with van der Waals surface area (Å²) >= 11 is 1.63. The topological polar surface area (TPSA) is 59.5 Å². The first-order chi connectivity index (χ1) is 16.0. The molecule has 2 aliphatic rings. The number of aromatic nitrogens is 1. The highest BCUT2D eigenvalue weighted by Gasteiger charge is 2.60. The molecule has 5 rings (SSSR count). The molecule has 166 valence electrons. The molecule has 33 heavy (non-hydrogen) atoms. The van der Waals surface area contributed by atoms with Crippen molar-refractivity contribution in [1.82, 2.24) is 9.88 Å².